The molecule has 0 unspecified atom stereocenters. The molecule has 4 heterocycles. The normalized spacial score (nSPS) is 11.9. The molecule has 0 saturated carbocycles. The van der Waals surface area contributed by atoms with E-state index in [4.69, 9.17) is 19.4 Å². The highest BCUT2D eigenvalue weighted by molar-refractivity contribution is 7.26. The zero-order valence-electron chi connectivity index (χ0n) is 30.3. The van der Waals surface area contributed by atoms with Gasteiger partial charge in [0.1, 0.15) is 11.2 Å². The van der Waals surface area contributed by atoms with Crippen LogP contribution in [0, 0.1) is 0 Å². The van der Waals surface area contributed by atoms with Gasteiger partial charge in [0.15, 0.2) is 17.5 Å². The van der Waals surface area contributed by atoms with Gasteiger partial charge in [0, 0.05) is 73.4 Å². The van der Waals surface area contributed by atoms with Crippen molar-refractivity contribution in [2.24, 2.45) is 0 Å². The highest BCUT2D eigenvalue weighted by Crippen LogP contribution is 2.46. The summed E-state index contributed by atoms with van der Waals surface area (Å²) < 4.78 is 11.9. The van der Waals surface area contributed by atoms with E-state index in [-0.39, 0.29) is 0 Å². The van der Waals surface area contributed by atoms with Gasteiger partial charge in [-0.2, -0.15) is 0 Å². The first-order chi connectivity index (χ1) is 28.2. The Kier molecular flexibility index (Phi) is 7.24. The van der Waals surface area contributed by atoms with Crippen molar-refractivity contribution in [1.82, 2.24) is 15.0 Å². The van der Waals surface area contributed by atoms with Crippen LogP contribution in [0.2, 0.25) is 0 Å². The molecule has 0 aliphatic carbocycles. The fourth-order valence-corrected chi connectivity index (χ4v) is 10.6. The van der Waals surface area contributed by atoms with Crippen LogP contribution in [0.5, 0.6) is 0 Å². The van der Waals surface area contributed by atoms with E-state index in [1.807, 2.05) is 83.3 Å². The van der Waals surface area contributed by atoms with Crippen LogP contribution < -0.4 is 0 Å². The lowest BCUT2D eigenvalue weighted by Gasteiger charge is -2.11. The van der Waals surface area contributed by atoms with Gasteiger partial charge in [0.2, 0.25) is 0 Å². The average molecular weight is 764 g/mol. The maximum absolute atomic E-state index is 6.72. The van der Waals surface area contributed by atoms with E-state index >= 15 is 0 Å². The molecule has 0 saturated heterocycles. The van der Waals surface area contributed by atoms with E-state index in [9.17, 15) is 0 Å². The lowest BCUT2D eigenvalue weighted by atomic mass is 9.93. The van der Waals surface area contributed by atoms with Crippen molar-refractivity contribution in [2.45, 2.75) is 0 Å². The third-order valence-electron chi connectivity index (χ3n) is 10.9. The standard InChI is InChI=1S/C51H29N3OS2/c1-3-12-30(13-4-1)49-52-50(31-14-5-2-6-15-31)54-51(53-49)33-23-25-37-36-24-22-32(28-42(36)55-43(37)29-33)40-26-34(27-41-38-16-7-9-19-44(38)57-48(40)41)35-18-11-21-46-47(35)39-17-8-10-20-45(39)56-46/h1-29H. The monoisotopic (exact) mass is 763 g/mol. The first-order valence-electron chi connectivity index (χ1n) is 18.9. The number of hydrogen-bond donors (Lipinski definition) is 0. The molecule has 0 fully saturated rings. The lowest BCUT2D eigenvalue weighted by Crippen LogP contribution is -2.00. The zero-order valence-corrected chi connectivity index (χ0v) is 31.9. The SMILES string of the molecule is c1ccc(-c2nc(-c3ccccc3)nc(-c3ccc4c(c3)oc3cc(-c5cc(-c6cccc7sc8ccccc8c67)cc6c5sc5ccccc56)ccc34)n2)cc1. The smallest absolute Gasteiger partial charge is 0.164 e. The number of fused-ring (bicyclic) bond motifs is 9. The van der Waals surface area contributed by atoms with E-state index < -0.39 is 0 Å². The minimum absolute atomic E-state index is 0.600. The maximum atomic E-state index is 6.72. The molecule has 4 aromatic heterocycles. The second-order valence-electron chi connectivity index (χ2n) is 14.3. The van der Waals surface area contributed by atoms with Gasteiger partial charge in [0.05, 0.1) is 0 Å². The third-order valence-corrected chi connectivity index (χ3v) is 13.3. The summed E-state index contributed by atoms with van der Waals surface area (Å²) >= 11 is 3.72. The van der Waals surface area contributed by atoms with Crippen LogP contribution >= 0.6 is 22.7 Å². The van der Waals surface area contributed by atoms with Crippen LogP contribution in [-0.4, -0.2) is 15.0 Å². The van der Waals surface area contributed by atoms with Gasteiger partial charge in [-0.1, -0.05) is 121 Å². The summed E-state index contributed by atoms with van der Waals surface area (Å²) in [5.74, 6) is 1.86. The number of hydrogen-bond acceptors (Lipinski definition) is 6. The first-order valence-corrected chi connectivity index (χ1v) is 20.6. The minimum Gasteiger partial charge on any atom is -0.456 e. The molecule has 8 aromatic carbocycles. The summed E-state index contributed by atoms with van der Waals surface area (Å²) in [6, 6.07) is 62.1. The van der Waals surface area contributed by atoms with Crippen molar-refractivity contribution in [3.8, 4) is 56.4 Å². The predicted octanol–water partition coefficient (Wildman–Crippen LogP) is 14.8. The molecule has 12 aromatic rings. The molecule has 0 bridgehead atoms. The number of rotatable bonds is 5. The van der Waals surface area contributed by atoms with Crippen molar-refractivity contribution >= 4 is 85.0 Å². The highest BCUT2D eigenvalue weighted by atomic mass is 32.1. The van der Waals surface area contributed by atoms with Crippen molar-refractivity contribution in [1.29, 1.82) is 0 Å². The number of thiophene rings is 2. The summed E-state index contributed by atoms with van der Waals surface area (Å²) in [5.41, 5.74) is 9.18. The first kappa shape index (κ1) is 32.3. The fraction of sp³-hybridized carbons (Fsp3) is 0. The number of aromatic nitrogens is 3. The van der Waals surface area contributed by atoms with Crippen molar-refractivity contribution in [2.75, 3.05) is 0 Å². The minimum atomic E-state index is 0.600. The predicted molar refractivity (Wildman–Crippen MR) is 240 cm³/mol. The second-order valence-corrected chi connectivity index (χ2v) is 16.5. The second kappa shape index (κ2) is 12.8. The Bertz CT molecular complexity index is 3470. The van der Waals surface area contributed by atoms with Gasteiger partial charge < -0.3 is 4.42 Å². The summed E-state index contributed by atoms with van der Waals surface area (Å²) in [4.78, 5) is 14.8. The Morgan fingerprint density at radius 3 is 1.60 bits per heavy atom. The molecule has 12 rings (SSSR count). The molecule has 0 atom stereocenters. The molecule has 0 amide bonds. The van der Waals surface area contributed by atoms with Crippen LogP contribution in [-0.2, 0) is 0 Å². The molecule has 0 N–H and O–H groups in total. The molecule has 0 aliphatic heterocycles. The van der Waals surface area contributed by atoms with Crippen molar-refractivity contribution < 1.29 is 4.42 Å². The largest absolute Gasteiger partial charge is 0.456 e. The third kappa shape index (κ3) is 5.30. The number of benzene rings is 8. The Labute approximate surface area is 335 Å². The topological polar surface area (TPSA) is 51.8 Å². The van der Waals surface area contributed by atoms with Gasteiger partial charge >= 0.3 is 0 Å². The van der Waals surface area contributed by atoms with E-state index in [0.29, 0.717) is 17.5 Å². The van der Waals surface area contributed by atoms with E-state index in [1.165, 1.54) is 57.0 Å². The number of nitrogens with zero attached hydrogens (tertiary/aromatic N) is 3. The van der Waals surface area contributed by atoms with Crippen molar-refractivity contribution in [3.63, 3.8) is 0 Å². The van der Waals surface area contributed by atoms with Gasteiger partial charge in [0.25, 0.3) is 0 Å². The van der Waals surface area contributed by atoms with Gasteiger partial charge in [-0.3, -0.25) is 0 Å². The molecule has 4 nitrogen and oxygen atoms in total. The Morgan fingerprint density at radius 1 is 0.333 bits per heavy atom. The molecular formula is C51H29N3OS2. The highest BCUT2D eigenvalue weighted by Gasteiger charge is 2.19. The molecule has 0 spiro atoms. The molecule has 6 heteroatoms. The molecule has 57 heavy (non-hydrogen) atoms. The van der Waals surface area contributed by atoms with Crippen LogP contribution in [0.25, 0.3) is 119 Å². The van der Waals surface area contributed by atoms with Gasteiger partial charge in [-0.05, 0) is 71.3 Å². The molecule has 266 valence electrons. The lowest BCUT2D eigenvalue weighted by molar-refractivity contribution is 0.669. The van der Waals surface area contributed by atoms with Crippen LogP contribution in [0.1, 0.15) is 0 Å². The maximum Gasteiger partial charge on any atom is 0.164 e. The van der Waals surface area contributed by atoms with Crippen molar-refractivity contribution in [3.05, 3.63) is 176 Å². The van der Waals surface area contributed by atoms with E-state index in [2.05, 4.69) is 115 Å². The fourth-order valence-electron chi connectivity index (χ4n) is 8.23. The molecule has 0 aliphatic rings. The Hall–Kier alpha value is -6.99. The zero-order chi connectivity index (χ0) is 37.5. The van der Waals surface area contributed by atoms with Crippen LogP contribution in [0.4, 0.5) is 0 Å². The summed E-state index contributed by atoms with van der Waals surface area (Å²) in [6.07, 6.45) is 0. The number of furan rings is 1. The Morgan fingerprint density at radius 2 is 0.895 bits per heavy atom. The van der Waals surface area contributed by atoms with Gasteiger partial charge in [-0.25, -0.2) is 15.0 Å². The average Bonchev–Trinajstić information content (AvgIpc) is 3.97. The van der Waals surface area contributed by atoms with Crippen LogP contribution in [0.3, 0.4) is 0 Å². The summed E-state index contributed by atoms with van der Waals surface area (Å²) in [5, 5.41) is 7.30. The van der Waals surface area contributed by atoms with E-state index in [0.717, 1.165) is 44.2 Å². The molecule has 0 radical (unpaired) electrons. The molecular weight excluding hydrogens is 735 g/mol. The Balaban J connectivity index is 1.02. The van der Waals surface area contributed by atoms with Crippen LogP contribution in [0.15, 0.2) is 180 Å². The quantitative estimate of drug-likeness (QED) is 0.175. The van der Waals surface area contributed by atoms with E-state index in [1.54, 1.807) is 0 Å². The summed E-state index contributed by atoms with van der Waals surface area (Å²) in [7, 11) is 0. The summed E-state index contributed by atoms with van der Waals surface area (Å²) in [6.45, 7) is 0. The van der Waals surface area contributed by atoms with Gasteiger partial charge in [-0.15, -0.1) is 22.7 Å².